The van der Waals surface area contributed by atoms with Gasteiger partial charge in [-0.3, -0.25) is 9.59 Å². The number of furan rings is 1. The molecule has 0 radical (unpaired) electrons. The number of benzene rings is 2. The molecule has 0 N–H and O–H groups in total. The summed E-state index contributed by atoms with van der Waals surface area (Å²) in [5, 5.41) is 0. The molecule has 0 unspecified atom stereocenters. The van der Waals surface area contributed by atoms with Crippen molar-refractivity contribution in [2.75, 3.05) is 13.3 Å². The number of hydrogen-bond donors (Lipinski definition) is 0. The highest BCUT2D eigenvalue weighted by atomic mass is 79.9. The Morgan fingerprint density at radius 2 is 1.71 bits per heavy atom. The zero-order valence-electron chi connectivity index (χ0n) is 19.4. The standard InChI is InChI=1S/C26H27BrN2O5/c1-17(2)29(26(31)20-6-8-21(27)9-7-20)15-25(30)28(14-22-10-4-18(3)34-22)13-19-5-11-23-24(12-19)33-16-32-23/h4-12,17H,13-16H2,1-3H3. The van der Waals surface area contributed by atoms with Crippen LogP contribution in [0.25, 0.3) is 0 Å². The van der Waals surface area contributed by atoms with Crippen molar-refractivity contribution in [3.63, 3.8) is 0 Å². The van der Waals surface area contributed by atoms with E-state index in [0.29, 0.717) is 35.9 Å². The molecule has 0 bridgehead atoms. The first-order valence-corrected chi connectivity index (χ1v) is 11.9. The van der Waals surface area contributed by atoms with E-state index in [1.807, 2.05) is 63.2 Å². The minimum absolute atomic E-state index is 0.0448. The molecule has 2 aromatic carbocycles. The largest absolute Gasteiger partial charge is 0.464 e. The second-order valence-electron chi connectivity index (χ2n) is 8.48. The van der Waals surface area contributed by atoms with E-state index < -0.39 is 0 Å². The minimum atomic E-state index is -0.187. The van der Waals surface area contributed by atoms with Gasteiger partial charge in [0.05, 0.1) is 6.54 Å². The first-order valence-electron chi connectivity index (χ1n) is 11.1. The molecule has 0 aliphatic carbocycles. The molecule has 0 saturated heterocycles. The number of carbonyl (C=O) groups excluding carboxylic acids is 2. The summed E-state index contributed by atoms with van der Waals surface area (Å²) in [6.07, 6.45) is 0. The number of halogens is 1. The normalized spacial score (nSPS) is 12.1. The minimum Gasteiger partial charge on any atom is -0.464 e. The van der Waals surface area contributed by atoms with Gasteiger partial charge in [0, 0.05) is 22.6 Å². The van der Waals surface area contributed by atoms with Crippen molar-refractivity contribution in [3.8, 4) is 11.5 Å². The van der Waals surface area contributed by atoms with E-state index in [1.54, 1.807) is 21.9 Å². The summed E-state index contributed by atoms with van der Waals surface area (Å²) in [4.78, 5) is 30.0. The summed E-state index contributed by atoms with van der Waals surface area (Å²) >= 11 is 3.39. The van der Waals surface area contributed by atoms with Crippen molar-refractivity contribution >= 4 is 27.7 Å². The van der Waals surface area contributed by atoms with E-state index >= 15 is 0 Å². The lowest BCUT2D eigenvalue weighted by Crippen LogP contribution is -2.45. The van der Waals surface area contributed by atoms with Crippen LogP contribution in [0.5, 0.6) is 11.5 Å². The van der Waals surface area contributed by atoms with Crippen LogP contribution in [-0.2, 0) is 17.9 Å². The highest BCUT2D eigenvalue weighted by Crippen LogP contribution is 2.33. The predicted octanol–water partition coefficient (Wildman–Crippen LogP) is 5.16. The fourth-order valence-electron chi connectivity index (χ4n) is 3.74. The zero-order valence-corrected chi connectivity index (χ0v) is 21.0. The maximum absolute atomic E-state index is 13.5. The smallest absolute Gasteiger partial charge is 0.254 e. The second-order valence-corrected chi connectivity index (χ2v) is 9.40. The summed E-state index contributed by atoms with van der Waals surface area (Å²) in [5.74, 6) is 2.45. The van der Waals surface area contributed by atoms with E-state index in [0.717, 1.165) is 15.8 Å². The molecule has 178 valence electrons. The van der Waals surface area contributed by atoms with Crippen molar-refractivity contribution in [2.45, 2.75) is 39.9 Å². The van der Waals surface area contributed by atoms with Crippen LogP contribution in [0, 0.1) is 6.92 Å². The average molecular weight is 527 g/mol. The topological polar surface area (TPSA) is 72.2 Å². The van der Waals surface area contributed by atoms with E-state index in [-0.39, 0.29) is 31.2 Å². The maximum Gasteiger partial charge on any atom is 0.254 e. The van der Waals surface area contributed by atoms with Gasteiger partial charge in [0.15, 0.2) is 11.5 Å². The third-order valence-corrected chi connectivity index (χ3v) is 6.12. The molecule has 0 fully saturated rings. The molecule has 8 heteroatoms. The highest BCUT2D eigenvalue weighted by Gasteiger charge is 2.26. The van der Waals surface area contributed by atoms with E-state index in [1.165, 1.54) is 0 Å². The quantitative estimate of drug-likeness (QED) is 0.405. The van der Waals surface area contributed by atoms with Gasteiger partial charge in [-0.1, -0.05) is 22.0 Å². The molecule has 3 aromatic rings. The van der Waals surface area contributed by atoms with Crippen LogP contribution < -0.4 is 9.47 Å². The Hall–Kier alpha value is -3.26. The number of fused-ring (bicyclic) bond motifs is 1. The highest BCUT2D eigenvalue weighted by molar-refractivity contribution is 9.10. The Morgan fingerprint density at radius 3 is 2.38 bits per heavy atom. The molecule has 2 amide bonds. The number of carbonyl (C=O) groups is 2. The zero-order chi connectivity index (χ0) is 24.2. The summed E-state index contributed by atoms with van der Waals surface area (Å²) in [6, 6.07) is 16.4. The summed E-state index contributed by atoms with van der Waals surface area (Å²) in [6.45, 7) is 6.45. The van der Waals surface area contributed by atoms with Gasteiger partial charge in [0.2, 0.25) is 12.7 Å². The third kappa shape index (κ3) is 5.62. The molecule has 7 nitrogen and oxygen atoms in total. The van der Waals surface area contributed by atoms with Crippen molar-refractivity contribution in [1.82, 2.24) is 9.80 Å². The Balaban J connectivity index is 1.55. The molecule has 34 heavy (non-hydrogen) atoms. The van der Waals surface area contributed by atoms with Crippen molar-refractivity contribution in [1.29, 1.82) is 0 Å². The molecular weight excluding hydrogens is 500 g/mol. The molecule has 0 saturated carbocycles. The molecule has 2 heterocycles. The lowest BCUT2D eigenvalue weighted by Gasteiger charge is -2.30. The monoisotopic (exact) mass is 526 g/mol. The molecular formula is C26H27BrN2O5. The molecule has 4 rings (SSSR count). The van der Waals surface area contributed by atoms with Crippen LogP contribution in [-0.4, -0.2) is 41.0 Å². The fraction of sp³-hybridized carbons (Fsp3) is 0.308. The van der Waals surface area contributed by atoms with Crippen LogP contribution in [0.2, 0.25) is 0 Å². The number of ether oxygens (including phenoxy) is 2. The first kappa shape index (κ1) is 23.9. The van der Waals surface area contributed by atoms with Gasteiger partial charge >= 0.3 is 0 Å². The SMILES string of the molecule is Cc1ccc(CN(Cc2ccc3c(c2)OCO3)C(=O)CN(C(=O)c2ccc(Br)cc2)C(C)C)o1. The van der Waals surface area contributed by atoms with Gasteiger partial charge in [-0.05, 0) is 74.9 Å². The van der Waals surface area contributed by atoms with Crippen molar-refractivity contribution in [2.24, 2.45) is 0 Å². The Kier molecular flexibility index (Phi) is 7.26. The fourth-order valence-corrected chi connectivity index (χ4v) is 4.01. The number of rotatable bonds is 8. The van der Waals surface area contributed by atoms with Gasteiger partial charge in [-0.25, -0.2) is 0 Å². The number of aryl methyl sites for hydroxylation is 1. The van der Waals surface area contributed by atoms with Crippen LogP contribution in [0.1, 0.15) is 41.3 Å². The van der Waals surface area contributed by atoms with E-state index in [9.17, 15) is 9.59 Å². The first-order chi connectivity index (χ1) is 16.3. The van der Waals surface area contributed by atoms with Crippen LogP contribution in [0.15, 0.2) is 63.5 Å². The second kappa shape index (κ2) is 10.3. The Labute approximate surface area is 207 Å². The Bertz CT molecular complexity index is 1170. The number of nitrogens with zero attached hydrogens (tertiary/aromatic N) is 2. The predicted molar refractivity (Wildman–Crippen MR) is 131 cm³/mol. The van der Waals surface area contributed by atoms with Crippen molar-refractivity contribution < 1.29 is 23.5 Å². The number of hydrogen-bond acceptors (Lipinski definition) is 5. The van der Waals surface area contributed by atoms with E-state index in [4.69, 9.17) is 13.9 Å². The summed E-state index contributed by atoms with van der Waals surface area (Å²) < 4.78 is 17.5. The van der Waals surface area contributed by atoms with Gasteiger partial charge in [-0.2, -0.15) is 0 Å². The summed E-state index contributed by atoms with van der Waals surface area (Å²) in [7, 11) is 0. The molecule has 1 aliphatic heterocycles. The number of amides is 2. The van der Waals surface area contributed by atoms with Gasteiger partial charge in [0.1, 0.15) is 18.1 Å². The van der Waals surface area contributed by atoms with Crippen LogP contribution in [0.4, 0.5) is 0 Å². The lowest BCUT2D eigenvalue weighted by molar-refractivity contribution is -0.133. The summed E-state index contributed by atoms with van der Waals surface area (Å²) in [5.41, 5.74) is 1.44. The average Bonchev–Trinajstić information content (AvgIpc) is 3.44. The molecule has 1 aromatic heterocycles. The molecule has 0 spiro atoms. The maximum atomic E-state index is 13.5. The van der Waals surface area contributed by atoms with Crippen LogP contribution >= 0.6 is 15.9 Å². The van der Waals surface area contributed by atoms with Gasteiger partial charge in [0.25, 0.3) is 5.91 Å². The molecule has 1 aliphatic rings. The molecule has 0 atom stereocenters. The van der Waals surface area contributed by atoms with Gasteiger partial charge in [-0.15, -0.1) is 0 Å². The van der Waals surface area contributed by atoms with Crippen molar-refractivity contribution in [3.05, 3.63) is 81.7 Å². The third-order valence-electron chi connectivity index (χ3n) is 5.59. The Morgan fingerprint density at radius 1 is 0.971 bits per heavy atom. The van der Waals surface area contributed by atoms with Gasteiger partial charge < -0.3 is 23.7 Å². The lowest BCUT2D eigenvalue weighted by atomic mass is 10.1. The van der Waals surface area contributed by atoms with Crippen LogP contribution in [0.3, 0.4) is 0 Å². The van der Waals surface area contributed by atoms with E-state index in [2.05, 4.69) is 15.9 Å².